The van der Waals surface area contributed by atoms with Crippen molar-refractivity contribution in [1.29, 1.82) is 0 Å². The molecule has 0 bridgehead atoms. The Kier molecular flexibility index (Phi) is 8.00. The Bertz CT molecular complexity index is 783. The Morgan fingerprint density at radius 1 is 1.22 bits per heavy atom. The number of hydrogen-bond acceptors (Lipinski definition) is 5. The maximum absolute atomic E-state index is 12.1. The molecule has 0 unspecified atom stereocenters. The number of carboxylic acid groups (broad SMARTS) is 1. The minimum Gasteiger partial charge on any atom is -0.497 e. The number of piperidine rings is 1. The van der Waals surface area contributed by atoms with Crippen LogP contribution in [0.2, 0.25) is 0 Å². The van der Waals surface area contributed by atoms with Crippen LogP contribution in [0.1, 0.15) is 31.2 Å². The van der Waals surface area contributed by atoms with Gasteiger partial charge in [0, 0.05) is 25.0 Å². The van der Waals surface area contributed by atoms with Crippen LogP contribution in [0.3, 0.4) is 0 Å². The zero-order chi connectivity index (χ0) is 23.3. The van der Waals surface area contributed by atoms with E-state index in [1.165, 1.54) is 5.56 Å². The minimum absolute atomic E-state index is 0.117. The van der Waals surface area contributed by atoms with Crippen molar-refractivity contribution in [2.24, 2.45) is 11.8 Å². The van der Waals surface area contributed by atoms with Crippen molar-refractivity contribution in [2.45, 2.75) is 50.6 Å². The number of carbonyl (C=O) groups excluding carboxylic acids is 1. The lowest BCUT2D eigenvalue weighted by Gasteiger charge is -2.35. The zero-order valence-corrected chi connectivity index (χ0v) is 17.9. The number of carbonyl (C=O) groups is 2. The second-order valence-corrected chi connectivity index (χ2v) is 8.52. The highest BCUT2D eigenvalue weighted by atomic mass is 19.4. The lowest BCUT2D eigenvalue weighted by molar-refractivity contribution is -0.192. The summed E-state index contributed by atoms with van der Waals surface area (Å²) in [5.74, 6) is -0.580. The molecule has 3 aliphatic rings. The largest absolute Gasteiger partial charge is 0.497 e. The first-order valence-corrected chi connectivity index (χ1v) is 10.7. The number of aliphatic carboxylic acids is 1. The molecule has 1 aromatic carbocycles. The third-order valence-corrected chi connectivity index (χ3v) is 6.02. The van der Waals surface area contributed by atoms with Crippen molar-refractivity contribution in [1.82, 2.24) is 10.2 Å². The number of carboxylic acids is 1. The molecule has 178 valence electrons. The van der Waals surface area contributed by atoms with Crippen molar-refractivity contribution >= 4 is 11.9 Å². The van der Waals surface area contributed by atoms with E-state index in [1.807, 2.05) is 12.1 Å². The lowest BCUT2D eigenvalue weighted by Crippen LogP contribution is -2.42. The second kappa shape index (κ2) is 10.5. The number of nitrogens with one attached hydrogen (secondary N) is 1. The summed E-state index contributed by atoms with van der Waals surface area (Å²) in [6.07, 6.45) is -1.02. The van der Waals surface area contributed by atoms with Crippen LogP contribution in [0.5, 0.6) is 5.75 Å². The van der Waals surface area contributed by atoms with E-state index in [0.29, 0.717) is 24.3 Å². The monoisotopic (exact) mass is 458 g/mol. The fourth-order valence-electron chi connectivity index (χ4n) is 4.20. The first-order chi connectivity index (χ1) is 15.2. The highest BCUT2D eigenvalue weighted by Gasteiger charge is 2.42. The average molecular weight is 458 g/mol. The maximum atomic E-state index is 12.1. The fraction of sp³-hybridized carbons (Fsp3) is 0.636. The van der Waals surface area contributed by atoms with Gasteiger partial charge in [0.1, 0.15) is 5.75 Å². The topological polar surface area (TPSA) is 88.1 Å². The molecule has 7 nitrogen and oxygen atoms in total. The molecule has 0 spiro atoms. The highest BCUT2D eigenvalue weighted by Crippen LogP contribution is 2.36. The molecule has 32 heavy (non-hydrogen) atoms. The van der Waals surface area contributed by atoms with Crippen LogP contribution >= 0.6 is 0 Å². The first kappa shape index (κ1) is 24.3. The quantitative estimate of drug-likeness (QED) is 0.682. The standard InChI is InChI=1S/C20H28N2O3.C2HF3O2/c1-24-17-6-2-14(3-7-17)11-22-9-8-18-15(12-22)13-25-19(18)10-20(23)21-16-4-5-16;3-2(4,5)1(6)7/h2-3,6-7,15-16,18-19H,4-5,8-13H2,1H3,(H,21,23);(H,6,7)/t15-,18-,19-;/m1./s1. The molecular formula is C22H29F3N2O5. The summed E-state index contributed by atoms with van der Waals surface area (Å²) in [6.45, 7) is 3.92. The van der Waals surface area contributed by atoms with E-state index in [0.717, 1.165) is 51.3 Å². The molecule has 3 atom stereocenters. The molecule has 2 heterocycles. The number of methoxy groups -OCH3 is 1. The number of ether oxygens (including phenoxy) is 2. The smallest absolute Gasteiger partial charge is 0.490 e. The van der Waals surface area contributed by atoms with Crippen molar-refractivity contribution < 1.29 is 37.3 Å². The van der Waals surface area contributed by atoms with Gasteiger partial charge >= 0.3 is 12.1 Å². The van der Waals surface area contributed by atoms with E-state index < -0.39 is 12.1 Å². The predicted molar refractivity (Wildman–Crippen MR) is 109 cm³/mol. The van der Waals surface area contributed by atoms with Crippen LogP contribution in [-0.2, 0) is 20.9 Å². The molecule has 0 aromatic heterocycles. The summed E-state index contributed by atoms with van der Waals surface area (Å²) in [7, 11) is 1.70. The Morgan fingerprint density at radius 3 is 2.44 bits per heavy atom. The average Bonchev–Trinajstić information content (AvgIpc) is 3.47. The number of hydrogen-bond donors (Lipinski definition) is 2. The molecule has 1 amide bonds. The van der Waals surface area contributed by atoms with Gasteiger partial charge in [-0.2, -0.15) is 13.2 Å². The summed E-state index contributed by atoms with van der Waals surface area (Å²) in [4.78, 5) is 23.5. The van der Waals surface area contributed by atoms with Crippen molar-refractivity contribution in [3.05, 3.63) is 29.8 Å². The lowest BCUT2D eigenvalue weighted by atomic mass is 9.83. The number of amides is 1. The molecule has 1 aliphatic carbocycles. The van der Waals surface area contributed by atoms with E-state index in [2.05, 4.69) is 22.3 Å². The van der Waals surface area contributed by atoms with Crippen LogP contribution in [0, 0.1) is 11.8 Å². The van der Waals surface area contributed by atoms with E-state index >= 15 is 0 Å². The maximum Gasteiger partial charge on any atom is 0.490 e. The predicted octanol–water partition coefficient (Wildman–Crippen LogP) is 2.83. The van der Waals surface area contributed by atoms with Crippen LogP contribution in [-0.4, -0.2) is 67.0 Å². The molecule has 1 saturated carbocycles. The Labute approximate surface area is 184 Å². The van der Waals surface area contributed by atoms with Gasteiger partial charge < -0.3 is 19.9 Å². The van der Waals surface area contributed by atoms with Gasteiger partial charge in [-0.15, -0.1) is 0 Å². The van der Waals surface area contributed by atoms with Gasteiger partial charge in [-0.1, -0.05) is 12.1 Å². The van der Waals surface area contributed by atoms with Crippen molar-refractivity contribution in [3.8, 4) is 5.75 Å². The number of fused-ring (bicyclic) bond motifs is 1. The van der Waals surface area contributed by atoms with Gasteiger partial charge in [-0.05, 0) is 49.4 Å². The zero-order valence-electron chi connectivity index (χ0n) is 17.9. The number of alkyl halides is 3. The molecule has 0 radical (unpaired) electrons. The molecule has 2 aliphatic heterocycles. The summed E-state index contributed by atoms with van der Waals surface area (Å²) in [5.41, 5.74) is 1.32. The molecule has 1 aromatic rings. The Morgan fingerprint density at radius 2 is 1.88 bits per heavy atom. The molecule has 3 fully saturated rings. The Balaban J connectivity index is 0.000000360. The fourth-order valence-corrected chi connectivity index (χ4v) is 4.20. The number of nitrogens with zero attached hydrogens (tertiary/aromatic N) is 1. The summed E-state index contributed by atoms with van der Waals surface area (Å²) in [5, 5.41) is 10.2. The van der Waals surface area contributed by atoms with Crippen molar-refractivity contribution in [3.63, 3.8) is 0 Å². The Hall–Kier alpha value is -2.33. The molecule has 4 rings (SSSR count). The van der Waals surface area contributed by atoms with Gasteiger partial charge in [-0.3, -0.25) is 9.69 Å². The third kappa shape index (κ3) is 7.09. The second-order valence-electron chi connectivity index (χ2n) is 8.52. The molecular weight excluding hydrogens is 429 g/mol. The van der Waals surface area contributed by atoms with Crippen molar-refractivity contribution in [2.75, 3.05) is 26.8 Å². The summed E-state index contributed by atoms with van der Waals surface area (Å²) in [6, 6.07) is 8.77. The normalized spacial score (nSPS) is 25.3. The van der Waals surface area contributed by atoms with E-state index in [1.54, 1.807) is 7.11 Å². The third-order valence-electron chi connectivity index (χ3n) is 6.02. The minimum atomic E-state index is -5.08. The van der Waals surface area contributed by atoms with Gasteiger partial charge in [0.25, 0.3) is 0 Å². The van der Waals surface area contributed by atoms with Gasteiger partial charge in [-0.25, -0.2) is 4.79 Å². The van der Waals surface area contributed by atoms with Gasteiger partial charge in [0.15, 0.2) is 0 Å². The number of halogens is 3. The van der Waals surface area contributed by atoms with Gasteiger partial charge in [0.2, 0.25) is 5.91 Å². The van der Waals surface area contributed by atoms with E-state index in [4.69, 9.17) is 19.4 Å². The first-order valence-electron chi connectivity index (χ1n) is 10.7. The van der Waals surface area contributed by atoms with E-state index in [9.17, 15) is 18.0 Å². The number of rotatable bonds is 6. The summed E-state index contributed by atoms with van der Waals surface area (Å²) < 4.78 is 43.0. The van der Waals surface area contributed by atoms with Crippen LogP contribution < -0.4 is 10.1 Å². The van der Waals surface area contributed by atoms with E-state index in [-0.39, 0.29) is 12.0 Å². The molecule has 2 N–H and O–H groups in total. The number of benzene rings is 1. The molecule has 2 saturated heterocycles. The SMILES string of the molecule is COc1ccc(CN2CC[C@@H]3[C@@H](CO[C@@H]3CC(=O)NC3CC3)C2)cc1.O=C(O)C(F)(F)F. The number of likely N-dealkylation sites (tertiary alicyclic amines) is 1. The molecule has 10 heteroatoms. The van der Waals surface area contributed by atoms with Gasteiger partial charge in [0.05, 0.1) is 26.2 Å². The van der Waals surface area contributed by atoms with Crippen LogP contribution in [0.15, 0.2) is 24.3 Å². The highest BCUT2D eigenvalue weighted by molar-refractivity contribution is 5.77. The van der Waals surface area contributed by atoms with Crippen LogP contribution in [0.4, 0.5) is 13.2 Å². The van der Waals surface area contributed by atoms with Crippen LogP contribution in [0.25, 0.3) is 0 Å². The summed E-state index contributed by atoms with van der Waals surface area (Å²) >= 11 is 0.